The number of aromatic nitrogens is 4. The van der Waals surface area contributed by atoms with E-state index in [0.29, 0.717) is 17.1 Å². The number of nitrogens with zero attached hydrogens (tertiary/aromatic N) is 3. The fourth-order valence-electron chi connectivity index (χ4n) is 4.82. The zero-order valence-electron chi connectivity index (χ0n) is 23.7. The molecule has 3 heterocycles. The molecule has 5 rings (SSSR count). The van der Waals surface area contributed by atoms with E-state index in [4.69, 9.17) is 11.1 Å². The average molecular weight is 542 g/mol. The zero-order valence-corrected chi connectivity index (χ0v) is 23.7. The van der Waals surface area contributed by atoms with Gasteiger partial charge in [-0.2, -0.15) is 0 Å². The maximum Gasteiger partial charge on any atom is 0.132 e. The monoisotopic (exact) mass is 541 g/mol. The SMILES string of the molecule is C=C(C)/C=C(\C=C(/C)CNCc1ccccc1)c1cnc(N)c(C(=N)c2cc3c(-n4cnc(C)c4)cccc3[nH]2)c1. The molecular weight excluding hydrogens is 506 g/mol. The van der Waals surface area contributed by atoms with Crippen molar-refractivity contribution < 1.29 is 0 Å². The molecule has 41 heavy (non-hydrogen) atoms. The summed E-state index contributed by atoms with van der Waals surface area (Å²) in [5.74, 6) is 0.308. The van der Waals surface area contributed by atoms with Gasteiger partial charge in [0.1, 0.15) is 5.82 Å². The summed E-state index contributed by atoms with van der Waals surface area (Å²) in [6, 6.07) is 20.3. The van der Waals surface area contributed by atoms with Crippen molar-refractivity contribution in [1.82, 2.24) is 24.8 Å². The molecule has 3 aromatic heterocycles. The molecule has 0 saturated carbocycles. The number of aromatic amines is 1. The Hall–Kier alpha value is -5.01. The summed E-state index contributed by atoms with van der Waals surface area (Å²) in [4.78, 5) is 12.2. The third kappa shape index (κ3) is 6.42. The van der Waals surface area contributed by atoms with Crippen molar-refractivity contribution in [1.29, 1.82) is 5.41 Å². The molecule has 0 unspecified atom stereocenters. The Balaban J connectivity index is 1.43. The smallest absolute Gasteiger partial charge is 0.132 e. The third-order valence-corrected chi connectivity index (χ3v) is 6.80. The number of imidazole rings is 1. The zero-order chi connectivity index (χ0) is 28.9. The molecule has 0 aliphatic rings. The van der Waals surface area contributed by atoms with Gasteiger partial charge in [-0.15, -0.1) is 0 Å². The van der Waals surface area contributed by atoms with Gasteiger partial charge in [0.15, 0.2) is 0 Å². The third-order valence-electron chi connectivity index (χ3n) is 6.80. The van der Waals surface area contributed by atoms with E-state index >= 15 is 0 Å². The summed E-state index contributed by atoms with van der Waals surface area (Å²) in [6.07, 6.45) is 9.71. The van der Waals surface area contributed by atoms with Crippen LogP contribution in [0.5, 0.6) is 0 Å². The van der Waals surface area contributed by atoms with E-state index in [2.05, 4.69) is 52.0 Å². The number of rotatable bonds is 10. The Labute approximate surface area is 240 Å². The highest BCUT2D eigenvalue weighted by Gasteiger charge is 2.16. The Morgan fingerprint density at radius 1 is 1.07 bits per heavy atom. The minimum absolute atomic E-state index is 0.278. The molecule has 0 bridgehead atoms. The highest BCUT2D eigenvalue weighted by molar-refractivity contribution is 6.15. The Kier molecular flexibility index (Phi) is 8.08. The summed E-state index contributed by atoms with van der Waals surface area (Å²) in [6.45, 7) is 11.7. The number of H-pyrrole nitrogens is 1. The molecule has 0 aliphatic heterocycles. The van der Waals surface area contributed by atoms with E-state index < -0.39 is 0 Å². The number of nitrogen functional groups attached to an aromatic ring is 1. The lowest BCUT2D eigenvalue weighted by molar-refractivity contribution is 0.740. The first kappa shape index (κ1) is 27.6. The van der Waals surface area contributed by atoms with Crippen LogP contribution in [-0.2, 0) is 6.54 Å². The molecule has 0 fully saturated rings. The average Bonchev–Trinajstić information content (AvgIpc) is 3.59. The van der Waals surface area contributed by atoms with Crippen LogP contribution in [-0.4, -0.2) is 31.8 Å². The van der Waals surface area contributed by atoms with Crippen LogP contribution in [0.4, 0.5) is 5.82 Å². The first-order valence-electron chi connectivity index (χ1n) is 13.6. The van der Waals surface area contributed by atoms with Crippen molar-refractivity contribution in [3.63, 3.8) is 0 Å². The van der Waals surface area contributed by atoms with Crippen molar-refractivity contribution in [2.45, 2.75) is 27.3 Å². The first-order chi connectivity index (χ1) is 19.8. The van der Waals surface area contributed by atoms with E-state index in [1.165, 1.54) is 11.1 Å². The molecule has 206 valence electrons. The number of hydrogen-bond donors (Lipinski definition) is 4. The lowest BCUT2D eigenvalue weighted by atomic mass is 9.99. The molecular formula is C34H35N7. The summed E-state index contributed by atoms with van der Waals surface area (Å²) in [5.41, 5.74) is 15.9. The van der Waals surface area contributed by atoms with Crippen LogP contribution in [0.25, 0.3) is 22.2 Å². The van der Waals surface area contributed by atoms with Crippen molar-refractivity contribution in [2.24, 2.45) is 0 Å². The second-order valence-corrected chi connectivity index (χ2v) is 10.4. The van der Waals surface area contributed by atoms with Gasteiger partial charge >= 0.3 is 0 Å². The molecule has 0 amide bonds. The van der Waals surface area contributed by atoms with Gasteiger partial charge in [0.05, 0.1) is 29.1 Å². The van der Waals surface area contributed by atoms with E-state index in [1.807, 2.05) is 79.2 Å². The predicted octanol–water partition coefficient (Wildman–Crippen LogP) is 6.75. The number of benzene rings is 2. The second kappa shape index (κ2) is 12.0. The summed E-state index contributed by atoms with van der Waals surface area (Å²) >= 11 is 0. The standard InChI is InChI=1S/C34H35N7/c1-22(2)13-26(14-23(3)17-37-18-25-9-6-5-7-10-25)27-15-29(34(36)38-19-27)33(35)31-16-28-30(40-31)11-8-12-32(28)41-20-24(4)39-21-41/h5-16,19-21,35,37,40H,1,17-18H2,2-4H3,(H2,36,38)/b23-14+,26-13+,35-33?. The van der Waals surface area contributed by atoms with Crippen molar-refractivity contribution in [2.75, 3.05) is 12.3 Å². The molecule has 0 spiro atoms. The highest BCUT2D eigenvalue weighted by Crippen LogP contribution is 2.27. The minimum atomic E-state index is 0.278. The molecule has 5 aromatic rings. The Bertz CT molecular complexity index is 1780. The maximum atomic E-state index is 9.08. The number of anilines is 1. The number of aryl methyl sites for hydroxylation is 1. The summed E-state index contributed by atoms with van der Waals surface area (Å²) < 4.78 is 1.99. The number of pyridine rings is 1. The van der Waals surface area contributed by atoms with Crippen LogP contribution < -0.4 is 11.1 Å². The second-order valence-electron chi connectivity index (χ2n) is 10.4. The van der Waals surface area contributed by atoms with Gasteiger partial charge in [-0.05, 0) is 56.2 Å². The normalized spacial score (nSPS) is 12.2. The van der Waals surface area contributed by atoms with Gasteiger partial charge in [-0.3, -0.25) is 5.41 Å². The van der Waals surface area contributed by atoms with Gasteiger partial charge in [0, 0.05) is 47.5 Å². The summed E-state index contributed by atoms with van der Waals surface area (Å²) in [7, 11) is 0. The fourth-order valence-corrected chi connectivity index (χ4v) is 4.82. The van der Waals surface area contributed by atoms with E-state index in [1.54, 1.807) is 12.5 Å². The Morgan fingerprint density at radius 3 is 2.61 bits per heavy atom. The van der Waals surface area contributed by atoms with Crippen LogP contribution in [0.3, 0.4) is 0 Å². The fraction of sp³-hybridized carbons (Fsp3) is 0.147. The van der Waals surface area contributed by atoms with Gasteiger partial charge in [-0.1, -0.05) is 66.3 Å². The molecule has 2 aromatic carbocycles. The number of nitrogens with two attached hydrogens (primary N) is 1. The number of allylic oxidation sites excluding steroid dienone is 4. The predicted molar refractivity (Wildman–Crippen MR) is 169 cm³/mol. The molecule has 0 aliphatic carbocycles. The quantitative estimate of drug-likeness (QED) is 0.116. The largest absolute Gasteiger partial charge is 0.383 e. The van der Waals surface area contributed by atoms with Crippen LogP contribution in [0.2, 0.25) is 0 Å². The van der Waals surface area contributed by atoms with Gasteiger partial charge in [0.2, 0.25) is 0 Å². The minimum Gasteiger partial charge on any atom is -0.383 e. The van der Waals surface area contributed by atoms with Gasteiger partial charge in [-0.25, -0.2) is 9.97 Å². The molecule has 7 heteroatoms. The lowest BCUT2D eigenvalue weighted by Gasteiger charge is -2.11. The lowest BCUT2D eigenvalue weighted by Crippen LogP contribution is -2.15. The van der Waals surface area contributed by atoms with Crippen LogP contribution in [0.15, 0.2) is 109 Å². The molecule has 5 N–H and O–H groups in total. The van der Waals surface area contributed by atoms with Crippen molar-refractivity contribution >= 4 is 28.0 Å². The van der Waals surface area contributed by atoms with E-state index in [9.17, 15) is 0 Å². The summed E-state index contributed by atoms with van der Waals surface area (Å²) in [5, 5.41) is 13.6. The van der Waals surface area contributed by atoms with Crippen LogP contribution >= 0.6 is 0 Å². The number of hydrogen-bond acceptors (Lipinski definition) is 5. The van der Waals surface area contributed by atoms with Crippen molar-refractivity contribution in [3.05, 3.63) is 137 Å². The van der Waals surface area contributed by atoms with Crippen LogP contribution in [0, 0.1) is 12.3 Å². The molecule has 0 atom stereocenters. The number of nitrogens with one attached hydrogen (secondary N) is 3. The van der Waals surface area contributed by atoms with Gasteiger partial charge in [0.25, 0.3) is 0 Å². The van der Waals surface area contributed by atoms with E-state index in [-0.39, 0.29) is 5.71 Å². The molecule has 0 saturated heterocycles. The topological polar surface area (TPSA) is 108 Å². The van der Waals surface area contributed by atoms with Crippen molar-refractivity contribution in [3.8, 4) is 5.69 Å². The molecule has 0 radical (unpaired) electrons. The highest BCUT2D eigenvalue weighted by atomic mass is 15.0. The van der Waals surface area contributed by atoms with Gasteiger partial charge < -0.3 is 20.6 Å². The van der Waals surface area contributed by atoms with E-state index in [0.717, 1.165) is 52.1 Å². The first-order valence-corrected chi connectivity index (χ1v) is 13.6. The number of fused-ring (bicyclic) bond motifs is 1. The Morgan fingerprint density at radius 2 is 1.88 bits per heavy atom. The van der Waals surface area contributed by atoms with Crippen LogP contribution in [0.1, 0.15) is 41.9 Å². The molecule has 7 nitrogen and oxygen atoms in total. The maximum absolute atomic E-state index is 9.08.